The van der Waals surface area contributed by atoms with Crippen molar-refractivity contribution < 1.29 is 14.3 Å². The molecule has 1 aromatic rings. The molecule has 0 saturated heterocycles. The van der Waals surface area contributed by atoms with Gasteiger partial charge in [0.25, 0.3) is 0 Å². The third-order valence-corrected chi connectivity index (χ3v) is 1.90. The van der Waals surface area contributed by atoms with Crippen LogP contribution in [0.2, 0.25) is 0 Å². The topological polar surface area (TPSA) is 35.5 Å². The fourth-order valence-corrected chi connectivity index (χ4v) is 1.39. The Bertz CT molecular complexity index is 332. The van der Waals surface area contributed by atoms with E-state index in [1.165, 1.54) is 0 Å². The fraction of sp³-hybridized carbons (Fsp3) is 0.364. The van der Waals surface area contributed by atoms with Crippen molar-refractivity contribution in [1.29, 1.82) is 0 Å². The quantitative estimate of drug-likeness (QED) is 0.544. The summed E-state index contributed by atoms with van der Waals surface area (Å²) in [5.74, 6) is 0.604. The van der Waals surface area contributed by atoms with Gasteiger partial charge < -0.3 is 9.47 Å². The molecule has 0 bridgehead atoms. The summed E-state index contributed by atoms with van der Waals surface area (Å²) in [6.07, 6.45) is 0.797. The predicted octanol–water partition coefficient (Wildman–Crippen LogP) is 2.10. The summed E-state index contributed by atoms with van der Waals surface area (Å²) >= 11 is 0. The highest BCUT2D eigenvalue weighted by atomic mass is 16.7. The number of hydrogen-bond acceptors (Lipinski definition) is 3. The van der Waals surface area contributed by atoms with Crippen LogP contribution in [0.3, 0.4) is 0 Å². The Balaban J connectivity index is 3.05. The minimum Gasteiger partial charge on any atom is -0.467 e. The van der Waals surface area contributed by atoms with E-state index in [-0.39, 0.29) is 6.79 Å². The van der Waals surface area contributed by atoms with Crippen molar-refractivity contribution in [3.63, 3.8) is 0 Å². The van der Waals surface area contributed by atoms with Crippen molar-refractivity contribution in [3.05, 3.63) is 28.8 Å². The van der Waals surface area contributed by atoms with Gasteiger partial charge in [-0.25, -0.2) is 0 Å². The van der Waals surface area contributed by atoms with E-state index in [0.717, 1.165) is 17.4 Å². The molecule has 3 heteroatoms. The summed E-state index contributed by atoms with van der Waals surface area (Å²) in [6.45, 7) is 4.01. The molecule has 1 aromatic carbocycles. The fourth-order valence-electron chi connectivity index (χ4n) is 1.39. The number of carbonyl (C=O) groups is 1. The van der Waals surface area contributed by atoms with Gasteiger partial charge in [-0.15, -0.1) is 0 Å². The van der Waals surface area contributed by atoms with E-state index in [2.05, 4.69) is 0 Å². The van der Waals surface area contributed by atoms with Crippen LogP contribution in [-0.2, 0) is 4.74 Å². The van der Waals surface area contributed by atoms with Crippen LogP contribution in [0.25, 0.3) is 0 Å². The summed E-state index contributed by atoms with van der Waals surface area (Å²) < 4.78 is 10.1. The maximum absolute atomic E-state index is 10.8. The lowest BCUT2D eigenvalue weighted by molar-refractivity contribution is 0.0500. The molecule has 0 amide bonds. The summed E-state index contributed by atoms with van der Waals surface area (Å²) in [7, 11) is 1.55. The Hall–Kier alpha value is -1.35. The molecule has 1 rings (SSSR count). The van der Waals surface area contributed by atoms with Crippen LogP contribution in [0.15, 0.2) is 12.1 Å². The molecule has 0 fully saturated rings. The lowest BCUT2D eigenvalue weighted by atomic mass is 10.1. The van der Waals surface area contributed by atoms with Gasteiger partial charge in [0.2, 0.25) is 0 Å². The van der Waals surface area contributed by atoms with E-state index in [9.17, 15) is 4.79 Å². The van der Waals surface area contributed by atoms with Crippen molar-refractivity contribution in [1.82, 2.24) is 0 Å². The van der Waals surface area contributed by atoms with Gasteiger partial charge in [0.05, 0.1) is 5.56 Å². The number of aldehydes is 1. The van der Waals surface area contributed by atoms with Gasteiger partial charge in [0.15, 0.2) is 13.1 Å². The molecule has 0 aliphatic rings. The zero-order valence-electron chi connectivity index (χ0n) is 8.66. The van der Waals surface area contributed by atoms with Crippen molar-refractivity contribution >= 4 is 6.29 Å². The molecular formula is C11H14O3. The highest BCUT2D eigenvalue weighted by molar-refractivity contribution is 5.80. The first-order chi connectivity index (χ1) is 6.69. The first-order valence-electron chi connectivity index (χ1n) is 4.37. The zero-order chi connectivity index (χ0) is 10.6. The molecule has 0 aromatic heterocycles. The lowest BCUT2D eigenvalue weighted by Gasteiger charge is -2.11. The number of ether oxygens (including phenoxy) is 2. The normalized spacial score (nSPS) is 9.93. The number of benzene rings is 1. The minimum absolute atomic E-state index is 0.157. The Morgan fingerprint density at radius 1 is 1.36 bits per heavy atom. The van der Waals surface area contributed by atoms with Crippen LogP contribution in [-0.4, -0.2) is 20.2 Å². The molecule has 0 unspecified atom stereocenters. The number of methoxy groups -OCH3 is 1. The third kappa shape index (κ3) is 2.33. The van der Waals surface area contributed by atoms with E-state index in [1.807, 2.05) is 19.9 Å². The second-order valence-corrected chi connectivity index (χ2v) is 3.17. The number of carbonyl (C=O) groups excluding carboxylic acids is 1. The second kappa shape index (κ2) is 4.77. The van der Waals surface area contributed by atoms with Crippen LogP contribution in [0.5, 0.6) is 5.75 Å². The molecule has 3 nitrogen and oxygen atoms in total. The van der Waals surface area contributed by atoms with Gasteiger partial charge in [0.1, 0.15) is 5.75 Å². The van der Waals surface area contributed by atoms with E-state index in [0.29, 0.717) is 11.3 Å². The molecule has 0 saturated carbocycles. The maximum atomic E-state index is 10.8. The Morgan fingerprint density at radius 2 is 2.07 bits per heavy atom. The van der Waals surface area contributed by atoms with Crippen molar-refractivity contribution in [2.45, 2.75) is 13.8 Å². The molecule has 0 atom stereocenters. The second-order valence-electron chi connectivity index (χ2n) is 3.17. The van der Waals surface area contributed by atoms with Crippen LogP contribution in [0.1, 0.15) is 21.5 Å². The predicted molar refractivity (Wildman–Crippen MR) is 53.8 cm³/mol. The van der Waals surface area contributed by atoms with Crippen molar-refractivity contribution in [2.75, 3.05) is 13.9 Å². The largest absolute Gasteiger partial charge is 0.467 e. The van der Waals surface area contributed by atoms with Gasteiger partial charge in [0, 0.05) is 7.11 Å². The van der Waals surface area contributed by atoms with E-state index in [4.69, 9.17) is 9.47 Å². The lowest BCUT2D eigenvalue weighted by Crippen LogP contribution is -2.03. The Kier molecular flexibility index (Phi) is 3.65. The Labute approximate surface area is 83.6 Å². The van der Waals surface area contributed by atoms with Crippen molar-refractivity contribution in [2.24, 2.45) is 0 Å². The van der Waals surface area contributed by atoms with Crippen LogP contribution in [0.4, 0.5) is 0 Å². The first kappa shape index (κ1) is 10.7. The van der Waals surface area contributed by atoms with Gasteiger partial charge in [-0.05, 0) is 31.0 Å². The number of aryl methyl sites for hydroxylation is 2. The summed E-state index contributed by atoms with van der Waals surface area (Å²) in [6, 6.07) is 3.77. The molecular weight excluding hydrogens is 180 g/mol. The number of rotatable bonds is 4. The Morgan fingerprint density at radius 3 is 2.64 bits per heavy atom. The van der Waals surface area contributed by atoms with Gasteiger partial charge in [-0.1, -0.05) is 6.07 Å². The molecule has 0 N–H and O–H groups in total. The third-order valence-electron chi connectivity index (χ3n) is 1.90. The smallest absolute Gasteiger partial charge is 0.188 e. The van der Waals surface area contributed by atoms with Gasteiger partial charge >= 0.3 is 0 Å². The molecule has 0 aliphatic carbocycles. The van der Waals surface area contributed by atoms with Crippen LogP contribution < -0.4 is 4.74 Å². The van der Waals surface area contributed by atoms with E-state index < -0.39 is 0 Å². The molecule has 76 valence electrons. The monoisotopic (exact) mass is 194 g/mol. The summed E-state index contributed by atoms with van der Waals surface area (Å²) in [5.41, 5.74) is 2.57. The average molecular weight is 194 g/mol. The number of hydrogen-bond donors (Lipinski definition) is 0. The van der Waals surface area contributed by atoms with E-state index in [1.54, 1.807) is 13.2 Å². The summed E-state index contributed by atoms with van der Waals surface area (Å²) in [5, 5.41) is 0. The highest BCUT2D eigenvalue weighted by Crippen LogP contribution is 2.23. The maximum Gasteiger partial charge on any atom is 0.188 e. The van der Waals surface area contributed by atoms with E-state index >= 15 is 0 Å². The SMILES string of the molecule is COCOc1c(C)cc(C)cc1C=O. The molecule has 0 heterocycles. The van der Waals surface area contributed by atoms with Crippen LogP contribution >= 0.6 is 0 Å². The standard InChI is InChI=1S/C11H14O3/c1-8-4-9(2)11(14-7-13-3)10(5-8)6-12/h4-6H,7H2,1-3H3. The highest BCUT2D eigenvalue weighted by Gasteiger charge is 2.07. The first-order valence-corrected chi connectivity index (χ1v) is 4.37. The summed E-state index contributed by atoms with van der Waals surface area (Å²) in [4.78, 5) is 10.8. The molecule has 0 aliphatic heterocycles. The van der Waals surface area contributed by atoms with Crippen molar-refractivity contribution in [3.8, 4) is 5.75 Å². The van der Waals surface area contributed by atoms with Crippen LogP contribution in [0, 0.1) is 13.8 Å². The average Bonchev–Trinajstić information content (AvgIpc) is 2.15. The minimum atomic E-state index is 0.157. The van der Waals surface area contributed by atoms with Gasteiger partial charge in [-0.3, -0.25) is 4.79 Å². The van der Waals surface area contributed by atoms with Gasteiger partial charge in [-0.2, -0.15) is 0 Å². The molecule has 0 radical (unpaired) electrons. The molecule has 0 spiro atoms. The molecule has 14 heavy (non-hydrogen) atoms. The zero-order valence-corrected chi connectivity index (χ0v) is 8.66.